The van der Waals surface area contributed by atoms with Crippen LogP contribution in [0.1, 0.15) is 206 Å². The Morgan fingerprint density at radius 3 is 0.289 bits per heavy atom. The lowest BCUT2D eigenvalue weighted by Crippen LogP contribution is -2.31. The van der Waals surface area contributed by atoms with Gasteiger partial charge in [-0.3, -0.25) is 0 Å². The summed E-state index contributed by atoms with van der Waals surface area (Å²) in [6, 6.07) is 0. The molecule has 0 radical (unpaired) electrons. The van der Waals surface area contributed by atoms with Gasteiger partial charge in [-0.25, -0.2) is 0 Å². The van der Waals surface area contributed by atoms with E-state index in [2.05, 4.69) is 0 Å². The fourth-order valence-corrected chi connectivity index (χ4v) is 11.9. The van der Waals surface area contributed by atoms with Gasteiger partial charge in [0.1, 0.15) is 0 Å². The first-order valence-corrected chi connectivity index (χ1v) is 32.5. The molecule has 90 heavy (non-hydrogen) atoms. The van der Waals surface area contributed by atoms with Gasteiger partial charge < -0.3 is 148 Å². The maximum atomic E-state index is 10.5. The van der Waals surface area contributed by atoms with Gasteiger partial charge in [-0.05, 0) is 206 Å². The second-order valence-electron chi connectivity index (χ2n) is 26.6. The van der Waals surface area contributed by atoms with Crippen LogP contribution in [0, 0.1) is 0 Å². The quantitative estimate of drug-likeness (QED) is 0.0270. The maximum absolute atomic E-state index is 10.5. The molecule has 0 aromatic heterocycles. The first-order valence-electron chi connectivity index (χ1n) is 32.5. The summed E-state index contributed by atoms with van der Waals surface area (Å²) in [7, 11) is 0. The molecule has 29 N–H and O–H groups in total. The summed E-state index contributed by atoms with van der Waals surface area (Å²) >= 11 is 0. The van der Waals surface area contributed by atoms with E-state index in [1.165, 1.54) is 13.8 Å². The number of hydrogen-bond donors (Lipinski definition) is 29. The number of hydrogen-bond acceptors (Lipinski definition) is 29. The molecule has 29 atom stereocenters. The Bertz CT molecular complexity index is 1690. The highest BCUT2D eigenvalue weighted by Gasteiger charge is 2.30. The Labute approximate surface area is 530 Å². The Balaban J connectivity index is 4.43. The van der Waals surface area contributed by atoms with Gasteiger partial charge in [0.15, 0.2) is 0 Å². The minimum atomic E-state index is -1.28. The molecule has 0 amide bonds. The second kappa shape index (κ2) is 49.4. The molecular weight excluding hydrogens is 1200 g/mol. The standard InChI is InChI=1S/C61H124O29/c1-33(62)6-37(66)10-41(70)14-45(74)18-49(78)22-53(82)26-57(86)30-59(88)28-55(84)24-51(80)20-47(76)16-43(72)12-39(68)8-35(64)4-3-5-36(65)9-40(69)13-44(73)17-48(77)21-52(81)25-56(85)29-60(89)32-61(90)31-58(87)27-54(83)23-50(79)19-46(75)15-42(71)11-38(67)7-34(2)63/h33-90H,3-32H2,1-2H3. The lowest BCUT2D eigenvalue weighted by atomic mass is 9.93. The summed E-state index contributed by atoms with van der Waals surface area (Å²) in [6.07, 6.45) is -39.1. The zero-order valence-corrected chi connectivity index (χ0v) is 52.9. The highest BCUT2D eigenvalue weighted by Crippen LogP contribution is 2.24. The van der Waals surface area contributed by atoms with Crippen molar-refractivity contribution in [3.05, 3.63) is 0 Å². The second-order valence-corrected chi connectivity index (χ2v) is 26.6. The van der Waals surface area contributed by atoms with E-state index < -0.39 is 177 Å². The molecule has 0 heterocycles. The Hall–Kier alpha value is -1.16. The molecule has 0 aromatic carbocycles. The van der Waals surface area contributed by atoms with Crippen molar-refractivity contribution in [2.75, 3.05) is 0 Å². The third-order valence-electron chi connectivity index (χ3n) is 15.9. The summed E-state index contributed by atoms with van der Waals surface area (Å²) in [5.41, 5.74) is 0. The zero-order chi connectivity index (χ0) is 69.0. The Kier molecular flexibility index (Phi) is 48.7. The lowest BCUT2D eigenvalue weighted by molar-refractivity contribution is -0.0203. The van der Waals surface area contributed by atoms with Gasteiger partial charge in [0.2, 0.25) is 0 Å². The van der Waals surface area contributed by atoms with Crippen LogP contribution in [0.15, 0.2) is 0 Å². The smallest absolute Gasteiger partial charge is 0.0589 e. The van der Waals surface area contributed by atoms with Crippen LogP contribution in [0.5, 0.6) is 0 Å². The van der Waals surface area contributed by atoms with Crippen LogP contribution in [0.3, 0.4) is 0 Å². The van der Waals surface area contributed by atoms with Crippen molar-refractivity contribution >= 4 is 0 Å². The van der Waals surface area contributed by atoms with Crippen molar-refractivity contribution in [3.63, 3.8) is 0 Å². The normalized spacial score (nSPS) is 22.4. The average molecular weight is 1320 g/mol. The molecule has 29 heteroatoms. The van der Waals surface area contributed by atoms with Crippen molar-refractivity contribution in [1.29, 1.82) is 0 Å². The number of aliphatic hydroxyl groups excluding tert-OH is 29. The van der Waals surface area contributed by atoms with Crippen LogP contribution in [-0.4, -0.2) is 325 Å². The van der Waals surface area contributed by atoms with E-state index in [4.69, 9.17) is 0 Å². The van der Waals surface area contributed by atoms with Crippen molar-refractivity contribution < 1.29 is 148 Å². The van der Waals surface area contributed by atoms with Crippen LogP contribution in [0.2, 0.25) is 0 Å². The molecule has 542 valence electrons. The minimum Gasteiger partial charge on any atom is -0.393 e. The highest BCUT2D eigenvalue weighted by molar-refractivity contribution is 4.82. The summed E-state index contributed by atoms with van der Waals surface area (Å²) < 4.78 is 0. The third kappa shape index (κ3) is 50.3. The number of aliphatic hydroxyl groups is 29. The first kappa shape index (κ1) is 88.8. The summed E-state index contributed by atoms with van der Waals surface area (Å²) in [5, 5.41) is 298. The van der Waals surface area contributed by atoms with Crippen LogP contribution in [-0.2, 0) is 0 Å². The largest absolute Gasteiger partial charge is 0.393 e. The molecular formula is C61H124O29. The van der Waals surface area contributed by atoms with E-state index >= 15 is 0 Å². The van der Waals surface area contributed by atoms with Crippen molar-refractivity contribution in [1.82, 2.24) is 0 Å². The Morgan fingerprint density at radius 2 is 0.200 bits per heavy atom. The molecule has 0 spiro atoms. The monoisotopic (exact) mass is 1320 g/mol. The summed E-state index contributed by atoms with van der Waals surface area (Å²) in [4.78, 5) is 0. The predicted octanol–water partition coefficient (Wildman–Crippen LogP) is -5.80. The molecule has 0 aliphatic rings. The fraction of sp³-hybridized carbons (Fsp3) is 1.00. The molecule has 0 bridgehead atoms. The van der Waals surface area contributed by atoms with Crippen LogP contribution < -0.4 is 0 Å². The van der Waals surface area contributed by atoms with E-state index in [9.17, 15) is 148 Å². The van der Waals surface area contributed by atoms with Crippen molar-refractivity contribution in [2.24, 2.45) is 0 Å². The van der Waals surface area contributed by atoms with Gasteiger partial charge >= 0.3 is 0 Å². The maximum Gasteiger partial charge on any atom is 0.0589 e. The SMILES string of the molecule is CC(O)CC(O)CC(O)CC(O)CC(O)CC(O)CC(O)CC(O)CC(O)CC(O)CC(O)CC(O)CC(O)CC(O)CCCC(O)CC(O)CC(O)CC(O)CC(O)CC(O)CC(O)CC(O)CC(O)CC(O)CC(O)CC(O)CC(O)CC(O)CC(C)O. The molecule has 0 aromatic rings. The zero-order valence-electron chi connectivity index (χ0n) is 52.9. The Morgan fingerprint density at radius 1 is 0.122 bits per heavy atom. The molecule has 0 aliphatic carbocycles. The van der Waals surface area contributed by atoms with E-state index in [0.29, 0.717) is 0 Å². The van der Waals surface area contributed by atoms with E-state index in [1.807, 2.05) is 0 Å². The van der Waals surface area contributed by atoms with E-state index in [0.717, 1.165) is 0 Å². The fourth-order valence-electron chi connectivity index (χ4n) is 11.9. The molecule has 29 unspecified atom stereocenters. The van der Waals surface area contributed by atoms with E-state index in [1.54, 1.807) is 0 Å². The average Bonchev–Trinajstić information content (AvgIpc) is 3.55. The van der Waals surface area contributed by atoms with Crippen LogP contribution in [0.25, 0.3) is 0 Å². The lowest BCUT2D eigenvalue weighted by Gasteiger charge is -2.24. The number of rotatable bonds is 58. The molecule has 0 rings (SSSR count). The van der Waals surface area contributed by atoms with E-state index in [-0.39, 0.29) is 193 Å². The van der Waals surface area contributed by atoms with Gasteiger partial charge in [0.05, 0.1) is 177 Å². The molecule has 0 saturated carbocycles. The molecule has 0 fully saturated rings. The van der Waals surface area contributed by atoms with Crippen LogP contribution in [0.4, 0.5) is 0 Å². The predicted molar refractivity (Wildman–Crippen MR) is 324 cm³/mol. The van der Waals surface area contributed by atoms with Crippen LogP contribution >= 0.6 is 0 Å². The van der Waals surface area contributed by atoms with Gasteiger partial charge in [0.25, 0.3) is 0 Å². The molecule has 0 saturated heterocycles. The first-order chi connectivity index (χ1) is 41.8. The third-order valence-corrected chi connectivity index (χ3v) is 15.9. The van der Waals surface area contributed by atoms with Crippen molar-refractivity contribution in [3.8, 4) is 0 Å². The molecule has 0 aliphatic heterocycles. The molecule has 29 nitrogen and oxygen atoms in total. The summed E-state index contributed by atoms with van der Waals surface area (Å²) in [6.45, 7) is 2.97. The van der Waals surface area contributed by atoms with Gasteiger partial charge in [-0.1, -0.05) is 0 Å². The highest BCUT2D eigenvalue weighted by atomic mass is 16.3. The minimum absolute atomic E-state index is 0.0434. The van der Waals surface area contributed by atoms with Gasteiger partial charge in [-0.15, -0.1) is 0 Å². The van der Waals surface area contributed by atoms with Crippen molar-refractivity contribution in [2.45, 2.75) is 383 Å². The summed E-state index contributed by atoms with van der Waals surface area (Å²) in [5.74, 6) is 0. The topological polar surface area (TPSA) is 587 Å². The van der Waals surface area contributed by atoms with Gasteiger partial charge in [-0.2, -0.15) is 0 Å². The van der Waals surface area contributed by atoms with Gasteiger partial charge in [0, 0.05) is 0 Å².